The van der Waals surface area contributed by atoms with Crippen LogP contribution < -0.4 is 5.32 Å². The van der Waals surface area contributed by atoms with Crippen LogP contribution in [0.4, 0.5) is 0 Å². The molecule has 1 aromatic carbocycles. The van der Waals surface area contributed by atoms with Gasteiger partial charge in [0.1, 0.15) is 5.52 Å². The van der Waals surface area contributed by atoms with Gasteiger partial charge in [-0.1, -0.05) is 25.8 Å². The van der Waals surface area contributed by atoms with Gasteiger partial charge in [0.2, 0.25) is 5.89 Å². The van der Waals surface area contributed by atoms with Crippen molar-refractivity contribution in [1.82, 2.24) is 10.3 Å². The van der Waals surface area contributed by atoms with Gasteiger partial charge >= 0.3 is 0 Å². The predicted molar refractivity (Wildman–Crippen MR) is 72.6 cm³/mol. The quantitative estimate of drug-likeness (QED) is 0.877. The molecule has 1 saturated heterocycles. The van der Waals surface area contributed by atoms with Crippen molar-refractivity contribution in [2.24, 2.45) is 0 Å². The van der Waals surface area contributed by atoms with Crippen molar-refractivity contribution in [2.45, 2.75) is 45.1 Å². The van der Waals surface area contributed by atoms with E-state index >= 15 is 0 Å². The molecule has 0 saturated carbocycles. The third kappa shape index (κ3) is 2.27. The van der Waals surface area contributed by atoms with Gasteiger partial charge in [-0.05, 0) is 43.5 Å². The molecule has 0 aliphatic carbocycles. The summed E-state index contributed by atoms with van der Waals surface area (Å²) in [6, 6.07) is 6.60. The van der Waals surface area contributed by atoms with E-state index in [0.29, 0.717) is 6.04 Å². The lowest BCUT2D eigenvalue weighted by Crippen LogP contribution is -2.20. The van der Waals surface area contributed by atoms with Crippen LogP contribution in [0.5, 0.6) is 0 Å². The molecule has 0 bridgehead atoms. The number of nitrogens with zero attached hydrogens (tertiary/aromatic N) is 1. The molecular weight excluding hydrogens is 224 g/mol. The number of aromatic nitrogens is 1. The highest BCUT2D eigenvalue weighted by atomic mass is 16.3. The molecule has 2 aromatic rings. The molecule has 1 N–H and O–H groups in total. The number of hydrogen-bond donors (Lipinski definition) is 1. The second-order valence-corrected chi connectivity index (χ2v) is 5.06. The fraction of sp³-hybridized carbons (Fsp3) is 0.533. The maximum atomic E-state index is 5.89. The molecule has 3 heteroatoms. The smallest absolute Gasteiger partial charge is 0.212 e. The lowest BCUT2D eigenvalue weighted by atomic mass is 10.1. The zero-order valence-electron chi connectivity index (χ0n) is 10.9. The Morgan fingerprint density at radius 1 is 1.33 bits per heavy atom. The Balaban J connectivity index is 1.91. The standard InChI is InChI=1S/C15H20N2O/c1-2-11-7-8-14-13(10-11)17-15(18-14)12-6-4-3-5-9-16-12/h7-8,10,12,16H,2-6,9H2,1H3. The Morgan fingerprint density at radius 2 is 2.28 bits per heavy atom. The molecule has 1 unspecified atom stereocenters. The normalized spacial score (nSPS) is 21.1. The van der Waals surface area contributed by atoms with Crippen molar-refractivity contribution in [3.8, 4) is 0 Å². The largest absolute Gasteiger partial charge is 0.439 e. The lowest BCUT2D eigenvalue weighted by Gasteiger charge is -2.10. The number of nitrogens with one attached hydrogen (secondary N) is 1. The van der Waals surface area contributed by atoms with E-state index in [1.54, 1.807) is 0 Å². The number of hydrogen-bond acceptors (Lipinski definition) is 3. The van der Waals surface area contributed by atoms with E-state index in [9.17, 15) is 0 Å². The van der Waals surface area contributed by atoms with E-state index in [-0.39, 0.29) is 0 Å². The van der Waals surface area contributed by atoms with E-state index in [1.807, 2.05) is 6.07 Å². The van der Waals surface area contributed by atoms with Crippen LogP contribution in [0.3, 0.4) is 0 Å². The molecule has 1 atom stereocenters. The average molecular weight is 244 g/mol. The van der Waals surface area contributed by atoms with E-state index in [0.717, 1.165) is 36.4 Å². The number of rotatable bonds is 2. The molecule has 0 radical (unpaired) electrons. The minimum atomic E-state index is 0.296. The van der Waals surface area contributed by atoms with Gasteiger partial charge in [0.05, 0.1) is 6.04 Å². The number of fused-ring (bicyclic) bond motifs is 1. The monoisotopic (exact) mass is 244 g/mol. The molecule has 1 aliphatic heterocycles. The first kappa shape index (κ1) is 11.7. The Labute approximate surface area is 108 Å². The average Bonchev–Trinajstić information content (AvgIpc) is 2.63. The molecule has 1 aliphatic rings. The summed E-state index contributed by atoms with van der Waals surface area (Å²) in [5.74, 6) is 0.861. The molecule has 3 rings (SSSR count). The summed E-state index contributed by atoms with van der Waals surface area (Å²) >= 11 is 0. The van der Waals surface area contributed by atoms with Gasteiger partial charge in [0.25, 0.3) is 0 Å². The van der Waals surface area contributed by atoms with Crippen molar-refractivity contribution in [1.29, 1.82) is 0 Å². The summed E-state index contributed by atoms with van der Waals surface area (Å²) in [6.07, 6.45) is 6.00. The Hall–Kier alpha value is -1.35. The van der Waals surface area contributed by atoms with Crippen LogP contribution in [0.15, 0.2) is 22.6 Å². The summed E-state index contributed by atoms with van der Waals surface area (Å²) in [5, 5.41) is 3.53. The summed E-state index contributed by atoms with van der Waals surface area (Å²) in [6.45, 7) is 3.23. The highest BCUT2D eigenvalue weighted by Crippen LogP contribution is 2.26. The molecule has 0 spiro atoms. The molecule has 1 aromatic heterocycles. The van der Waals surface area contributed by atoms with Crippen molar-refractivity contribution in [2.75, 3.05) is 6.54 Å². The maximum absolute atomic E-state index is 5.89. The van der Waals surface area contributed by atoms with Crippen LogP contribution in [-0.4, -0.2) is 11.5 Å². The molecule has 3 nitrogen and oxygen atoms in total. The summed E-state index contributed by atoms with van der Waals surface area (Å²) in [7, 11) is 0. The fourth-order valence-electron chi connectivity index (χ4n) is 2.60. The number of benzene rings is 1. The first-order valence-electron chi connectivity index (χ1n) is 6.99. The Bertz CT molecular complexity index is 524. The Morgan fingerprint density at radius 3 is 3.17 bits per heavy atom. The lowest BCUT2D eigenvalue weighted by molar-refractivity contribution is 0.410. The second kappa shape index (κ2) is 5.11. The minimum Gasteiger partial charge on any atom is -0.439 e. The van der Waals surface area contributed by atoms with E-state index < -0.39 is 0 Å². The van der Waals surface area contributed by atoms with Crippen LogP contribution in [-0.2, 0) is 6.42 Å². The highest BCUT2D eigenvalue weighted by Gasteiger charge is 2.19. The number of aryl methyl sites for hydroxylation is 1. The van der Waals surface area contributed by atoms with Gasteiger partial charge in [0, 0.05) is 0 Å². The molecule has 1 fully saturated rings. The van der Waals surface area contributed by atoms with Crippen molar-refractivity contribution in [3.63, 3.8) is 0 Å². The third-order valence-electron chi connectivity index (χ3n) is 3.74. The predicted octanol–water partition coefficient (Wildman–Crippen LogP) is 3.59. The molecule has 96 valence electrons. The van der Waals surface area contributed by atoms with Crippen molar-refractivity contribution >= 4 is 11.1 Å². The van der Waals surface area contributed by atoms with E-state index in [1.165, 1.54) is 24.8 Å². The highest BCUT2D eigenvalue weighted by molar-refractivity contribution is 5.73. The first-order valence-corrected chi connectivity index (χ1v) is 6.99. The summed E-state index contributed by atoms with van der Waals surface area (Å²) in [4.78, 5) is 4.66. The molecular formula is C15H20N2O. The molecule has 2 heterocycles. The summed E-state index contributed by atoms with van der Waals surface area (Å²) in [5.41, 5.74) is 3.22. The van der Waals surface area contributed by atoms with Gasteiger partial charge in [-0.2, -0.15) is 0 Å². The SMILES string of the molecule is CCc1ccc2oc(C3CCCCCN3)nc2c1. The van der Waals surface area contributed by atoms with Crippen LogP contribution in [0.1, 0.15) is 50.1 Å². The van der Waals surface area contributed by atoms with Crippen molar-refractivity contribution < 1.29 is 4.42 Å². The zero-order chi connectivity index (χ0) is 12.4. The van der Waals surface area contributed by atoms with Gasteiger partial charge in [0.15, 0.2) is 5.58 Å². The van der Waals surface area contributed by atoms with Crippen LogP contribution in [0.2, 0.25) is 0 Å². The first-order chi connectivity index (χ1) is 8.86. The Kier molecular flexibility index (Phi) is 3.33. The second-order valence-electron chi connectivity index (χ2n) is 5.06. The van der Waals surface area contributed by atoms with Crippen molar-refractivity contribution in [3.05, 3.63) is 29.7 Å². The van der Waals surface area contributed by atoms with E-state index in [4.69, 9.17) is 4.42 Å². The van der Waals surface area contributed by atoms with Crippen LogP contribution in [0, 0.1) is 0 Å². The molecule has 0 amide bonds. The van der Waals surface area contributed by atoms with Gasteiger partial charge < -0.3 is 9.73 Å². The topological polar surface area (TPSA) is 38.1 Å². The van der Waals surface area contributed by atoms with Gasteiger partial charge in [-0.25, -0.2) is 4.98 Å². The molecule has 18 heavy (non-hydrogen) atoms. The van der Waals surface area contributed by atoms with Gasteiger partial charge in [-0.3, -0.25) is 0 Å². The zero-order valence-corrected chi connectivity index (χ0v) is 10.9. The van der Waals surface area contributed by atoms with Crippen LogP contribution >= 0.6 is 0 Å². The minimum absolute atomic E-state index is 0.296. The summed E-state index contributed by atoms with van der Waals surface area (Å²) < 4.78 is 5.89. The maximum Gasteiger partial charge on any atom is 0.212 e. The van der Waals surface area contributed by atoms with Crippen LogP contribution in [0.25, 0.3) is 11.1 Å². The number of oxazole rings is 1. The third-order valence-corrected chi connectivity index (χ3v) is 3.74. The van der Waals surface area contributed by atoms with E-state index in [2.05, 4.69) is 29.4 Å². The van der Waals surface area contributed by atoms with Gasteiger partial charge in [-0.15, -0.1) is 0 Å². The fourth-order valence-corrected chi connectivity index (χ4v) is 2.60.